The van der Waals surface area contributed by atoms with Crippen LogP contribution in [0.1, 0.15) is 34.5 Å². The molecule has 1 amide bonds. The van der Waals surface area contributed by atoms with Gasteiger partial charge in [-0.25, -0.2) is 0 Å². The number of nitrogens with one attached hydrogen (secondary N) is 4. The molecule has 0 radical (unpaired) electrons. The second kappa shape index (κ2) is 8.39. The predicted molar refractivity (Wildman–Crippen MR) is 132 cm³/mol. The quantitative estimate of drug-likeness (QED) is 0.432. The molecule has 1 saturated carbocycles. The van der Waals surface area contributed by atoms with Gasteiger partial charge >= 0.3 is 0 Å². The van der Waals surface area contributed by atoms with Crippen molar-refractivity contribution in [3.05, 3.63) is 58.5 Å². The molecule has 1 aliphatic carbocycles. The minimum atomic E-state index is -0.122. The molecule has 3 aromatic rings. The van der Waals surface area contributed by atoms with Crippen molar-refractivity contribution in [1.82, 2.24) is 20.6 Å². The van der Waals surface area contributed by atoms with E-state index in [4.69, 9.17) is 16.3 Å². The molecule has 0 bridgehead atoms. The highest BCUT2D eigenvalue weighted by atomic mass is 35.5. The number of aromatic nitrogens is 2. The number of carbonyl (C=O) groups excluding carboxylic acids is 1. The molecule has 6 rings (SSSR count). The fraction of sp³-hybridized carbons (Fsp3) is 0.308. The van der Waals surface area contributed by atoms with Crippen molar-refractivity contribution < 1.29 is 9.53 Å². The monoisotopic (exact) mass is 473 g/mol. The van der Waals surface area contributed by atoms with Crippen LogP contribution in [-0.2, 0) is 6.42 Å². The average molecular weight is 474 g/mol. The number of ether oxygens (including phenoxy) is 1. The lowest BCUT2D eigenvalue weighted by molar-refractivity contribution is 0.0947. The van der Waals surface area contributed by atoms with Crippen molar-refractivity contribution in [2.75, 3.05) is 19.0 Å². The lowest BCUT2D eigenvalue weighted by Gasteiger charge is -2.17. The number of aromatic amines is 1. The number of hydrogen-bond donors (Lipinski definition) is 4. The largest absolute Gasteiger partial charge is 0.493 e. The van der Waals surface area contributed by atoms with Crippen molar-refractivity contribution >= 4 is 28.9 Å². The maximum atomic E-state index is 12.9. The number of benzene rings is 1. The molecule has 1 aromatic carbocycles. The van der Waals surface area contributed by atoms with Gasteiger partial charge in [0.15, 0.2) is 5.75 Å². The molecular weight excluding hydrogens is 450 g/mol. The summed E-state index contributed by atoms with van der Waals surface area (Å²) in [6, 6.07) is 8.27. The van der Waals surface area contributed by atoms with Crippen LogP contribution in [-0.4, -0.2) is 41.6 Å². The van der Waals surface area contributed by atoms with Gasteiger partial charge in [0.05, 0.1) is 46.4 Å². The predicted octanol–water partition coefficient (Wildman–Crippen LogP) is 3.87. The minimum Gasteiger partial charge on any atom is -0.493 e. The molecule has 2 fully saturated rings. The van der Waals surface area contributed by atoms with Crippen LogP contribution in [0, 0.1) is 17.8 Å². The normalized spacial score (nSPS) is 22.2. The molecule has 8 heteroatoms. The van der Waals surface area contributed by atoms with Crippen molar-refractivity contribution in [2.45, 2.75) is 31.3 Å². The lowest BCUT2D eigenvalue weighted by atomic mass is 10.0. The molecule has 4 N–H and O–H groups in total. The van der Waals surface area contributed by atoms with Crippen LogP contribution in [0.5, 0.6) is 5.75 Å². The second-order valence-corrected chi connectivity index (χ2v) is 9.34. The highest BCUT2D eigenvalue weighted by molar-refractivity contribution is 6.32. The van der Waals surface area contributed by atoms with E-state index in [0.29, 0.717) is 46.7 Å². The van der Waals surface area contributed by atoms with Crippen LogP contribution in [0.25, 0.3) is 11.3 Å². The number of methoxy groups -OCH3 is 1. The zero-order valence-corrected chi connectivity index (χ0v) is 19.4. The number of hydrogen-bond acceptors (Lipinski definition) is 5. The molecule has 3 atom stereocenters. The summed E-state index contributed by atoms with van der Waals surface area (Å²) in [5.74, 6) is 7.90. The van der Waals surface area contributed by atoms with E-state index in [1.165, 1.54) is 6.42 Å². The van der Waals surface area contributed by atoms with Gasteiger partial charge in [-0.05, 0) is 37.0 Å². The van der Waals surface area contributed by atoms with E-state index in [2.05, 4.69) is 37.8 Å². The average Bonchev–Trinajstić information content (AvgIpc) is 3.28. The molecule has 0 unspecified atom stereocenters. The number of anilines is 2. The van der Waals surface area contributed by atoms with Crippen LogP contribution in [0.4, 0.5) is 11.4 Å². The van der Waals surface area contributed by atoms with Crippen LogP contribution in [0.15, 0.2) is 36.7 Å². The first kappa shape index (κ1) is 21.1. The second-order valence-electron chi connectivity index (χ2n) is 8.93. The van der Waals surface area contributed by atoms with Crippen molar-refractivity contribution in [2.24, 2.45) is 5.92 Å². The highest BCUT2D eigenvalue weighted by Crippen LogP contribution is 2.42. The Kier molecular flexibility index (Phi) is 5.20. The standard InChI is InChI=1S/C26H24ClN5O2/c1-34-25-18(27)3-2-4-20(25)32-24-22-19(8-10-29-26(22)33)31-23(24)17-7-9-28-13-14(17)5-6-16-11-15-12-21(15)30-16/h2-4,7,9,13,15-16,21,30-32H,8,10-12H2,1H3,(H,29,33)/t15-,16-,21+/m0/s1. The Morgan fingerprint density at radius 2 is 2.18 bits per heavy atom. The molecule has 4 heterocycles. The number of amides is 1. The van der Waals surface area contributed by atoms with Gasteiger partial charge in [0.2, 0.25) is 0 Å². The lowest BCUT2D eigenvalue weighted by Crippen LogP contribution is -2.31. The van der Waals surface area contributed by atoms with Crippen molar-refractivity contribution in [3.63, 3.8) is 0 Å². The molecule has 1 saturated heterocycles. The number of halogens is 1. The summed E-state index contributed by atoms with van der Waals surface area (Å²) in [7, 11) is 1.57. The topological polar surface area (TPSA) is 91.1 Å². The van der Waals surface area contributed by atoms with Crippen LogP contribution in [0.2, 0.25) is 5.02 Å². The van der Waals surface area contributed by atoms with Gasteiger partial charge in [-0.3, -0.25) is 9.78 Å². The van der Waals surface area contributed by atoms with Crippen LogP contribution < -0.4 is 20.7 Å². The summed E-state index contributed by atoms with van der Waals surface area (Å²) in [5, 5.41) is 10.4. The molecular formula is C26H24ClN5O2. The summed E-state index contributed by atoms with van der Waals surface area (Å²) in [6.45, 7) is 0.588. The fourth-order valence-electron chi connectivity index (χ4n) is 4.97. The highest BCUT2D eigenvalue weighted by Gasteiger charge is 2.45. The van der Waals surface area contributed by atoms with Gasteiger partial charge in [0.25, 0.3) is 5.91 Å². The number of H-pyrrole nitrogens is 1. The summed E-state index contributed by atoms with van der Waals surface area (Å²) < 4.78 is 5.53. The number of piperidine rings is 1. The molecule has 2 aromatic heterocycles. The van der Waals surface area contributed by atoms with Gasteiger partial charge in [0, 0.05) is 42.7 Å². The smallest absolute Gasteiger partial charge is 0.255 e. The Bertz CT molecular complexity index is 1340. The third-order valence-corrected chi connectivity index (χ3v) is 7.04. The van der Waals surface area contributed by atoms with E-state index < -0.39 is 0 Å². The Labute approximate surface area is 202 Å². The number of para-hydroxylation sites is 1. The summed E-state index contributed by atoms with van der Waals surface area (Å²) in [5.41, 5.74) is 5.31. The summed E-state index contributed by atoms with van der Waals surface area (Å²) in [4.78, 5) is 20.7. The first-order valence-corrected chi connectivity index (χ1v) is 11.8. The van der Waals surface area contributed by atoms with E-state index in [0.717, 1.165) is 34.9 Å². The summed E-state index contributed by atoms with van der Waals surface area (Å²) in [6.07, 6.45) is 6.61. The Hall–Kier alpha value is -3.47. The maximum Gasteiger partial charge on any atom is 0.255 e. The van der Waals surface area contributed by atoms with Gasteiger partial charge in [-0.2, -0.15) is 0 Å². The Morgan fingerprint density at radius 3 is 3.00 bits per heavy atom. The van der Waals surface area contributed by atoms with E-state index in [-0.39, 0.29) is 11.9 Å². The molecule has 7 nitrogen and oxygen atoms in total. The number of carbonyl (C=O) groups is 1. The minimum absolute atomic E-state index is 0.122. The van der Waals surface area contributed by atoms with E-state index in [9.17, 15) is 4.79 Å². The van der Waals surface area contributed by atoms with Crippen molar-refractivity contribution in [1.29, 1.82) is 0 Å². The fourth-order valence-corrected chi connectivity index (χ4v) is 5.23. The van der Waals surface area contributed by atoms with Crippen LogP contribution >= 0.6 is 11.6 Å². The molecule has 172 valence electrons. The third-order valence-electron chi connectivity index (χ3n) is 6.74. The van der Waals surface area contributed by atoms with Crippen LogP contribution in [0.3, 0.4) is 0 Å². The van der Waals surface area contributed by atoms with Gasteiger partial charge in [-0.1, -0.05) is 29.5 Å². The maximum absolute atomic E-state index is 12.9. The first-order valence-electron chi connectivity index (χ1n) is 11.5. The molecule has 0 spiro atoms. The van der Waals surface area contributed by atoms with E-state index >= 15 is 0 Å². The van der Waals surface area contributed by atoms with Gasteiger partial charge in [0.1, 0.15) is 0 Å². The molecule has 3 aliphatic rings. The Morgan fingerprint density at radius 1 is 1.26 bits per heavy atom. The number of nitrogens with zero attached hydrogens (tertiary/aromatic N) is 1. The van der Waals surface area contributed by atoms with Crippen molar-refractivity contribution in [3.8, 4) is 28.8 Å². The summed E-state index contributed by atoms with van der Waals surface area (Å²) >= 11 is 6.36. The van der Waals surface area contributed by atoms with E-state index in [1.54, 1.807) is 25.6 Å². The van der Waals surface area contributed by atoms with E-state index in [1.807, 2.05) is 18.2 Å². The Balaban J connectivity index is 1.45. The number of rotatable bonds is 4. The molecule has 34 heavy (non-hydrogen) atoms. The SMILES string of the molecule is COc1c(Cl)cccc1Nc1c(-c2ccncc2C#C[C@H]2C[C@H]3C[C@H]3N2)[nH]c2c1C(=O)NCC2. The number of pyridine rings is 1. The number of fused-ring (bicyclic) bond motifs is 2. The molecule has 2 aliphatic heterocycles. The first-order chi connectivity index (χ1) is 16.6. The zero-order valence-electron chi connectivity index (χ0n) is 18.7. The van der Waals surface area contributed by atoms with Gasteiger partial charge in [-0.15, -0.1) is 0 Å². The zero-order chi connectivity index (χ0) is 23.2. The van der Waals surface area contributed by atoms with Gasteiger partial charge < -0.3 is 25.7 Å². The third kappa shape index (κ3) is 3.69.